The molecule has 4 N–H and O–H groups in total. The summed E-state index contributed by atoms with van der Waals surface area (Å²) in [4.78, 5) is 5.99. The van der Waals surface area contributed by atoms with Crippen LogP contribution >= 0.6 is 0 Å². The third-order valence-corrected chi connectivity index (χ3v) is 2.03. The average Bonchev–Trinajstić information content (AvgIpc) is 2.27. The van der Waals surface area contributed by atoms with E-state index in [1.54, 1.807) is 30.0 Å². The van der Waals surface area contributed by atoms with E-state index in [0.717, 1.165) is 0 Å². The van der Waals surface area contributed by atoms with Gasteiger partial charge in [0.05, 0.1) is 6.10 Å². The smallest absolute Gasteiger partial charge is 0.188 e. The van der Waals surface area contributed by atoms with Crippen LogP contribution in [0.3, 0.4) is 0 Å². The van der Waals surface area contributed by atoms with Crippen molar-refractivity contribution in [3.8, 4) is 0 Å². The van der Waals surface area contributed by atoms with E-state index in [1.165, 1.54) is 0 Å². The maximum Gasteiger partial charge on any atom is 0.188 e. The highest BCUT2D eigenvalue weighted by molar-refractivity contribution is 5.95. The van der Waals surface area contributed by atoms with Crippen LogP contribution < -0.4 is 10.6 Å². The Hall–Kier alpha value is -1.82. The molecule has 0 aliphatic rings. The van der Waals surface area contributed by atoms with Gasteiger partial charge in [0.25, 0.3) is 0 Å². The van der Waals surface area contributed by atoms with Gasteiger partial charge >= 0.3 is 0 Å². The van der Waals surface area contributed by atoms with Crippen molar-refractivity contribution in [1.82, 2.24) is 4.98 Å². The summed E-state index contributed by atoms with van der Waals surface area (Å²) >= 11 is 0. The number of nitrogens with two attached hydrogens (primary N) is 1. The normalized spacial score (nSPS) is 13.6. The zero-order valence-corrected chi connectivity index (χ0v) is 9.33. The number of nitrogens with zero attached hydrogens (tertiary/aromatic N) is 3. The first-order valence-corrected chi connectivity index (χ1v) is 4.88. The molecule has 16 heavy (non-hydrogen) atoms. The number of aliphatic hydroxyl groups excluding tert-OH is 1. The first-order chi connectivity index (χ1) is 7.54. The monoisotopic (exact) mass is 224 g/mol. The largest absolute Gasteiger partial charge is 0.409 e. The lowest BCUT2D eigenvalue weighted by Crippen LogP contribution is -2.28. The number of amidine groups is 1. The number of anilines is 1. The van der Waals surface area contributed by atoms with Gasteiger partial charge in [-0.3, -0.25) is 0 Å². The Morgan fingerprint density at radius 1 is 1.62 bits per heavy atom. The van der Waals surface area contributed by atoms with Crippen molar-refractivity contribution in [2.24, 2.45) is 10.9 Å². The molecule has 88 valence electrons. The number of rotatable bonds is 4. The fourth-order valence-electron chi connectivity index (χ4n) is 1.32. The van der Waals surface area contributed by atoms with Crippen LogP contribution in [0.4, 0.5) is 5.82 Å². The molecule has 1 heterocycles. The summed E-state index contributed by atoms with van der Waals surface area (Å²) in [6, 6.07) is 5.19. The number of pyridine rings is 1. The summed E-state index contributed by atoms with van der Waals surface area (Å²) < 4.78 is 0. The molecule has 0 spiro atoms. The molecule has 1 atom stereocenters. The maximum absolute atomic E-state index is 9.25. The molecular formula is C10H16N4O2. The molecule has 0 amide bonds. The van der Waals surface area contributed by atoms with Crippen LogP contribution in [0.25, 0.3) is 0 Å². The number of likely N-dealkylation sites (N-methyl/N-ethyl adjacent to an activating group) is 1. The molecule has 1 unspecified atom stereocenters. The van der Waals surface area contributed by atoms with Gasteiger partial charge < -0.3 is 20.9 Å². The fourth-order valence-corrected chi connectivity index (χ4v) is 1.32. The number of hydrogen-bond acceptors (Lipinski definition) is 5. The number of aromatic nitrogens is 1. The molecule has 0 aliphatic carbocycles. The molecule has 0 fully saturated rings. The van der Waals surface area contributed by atoms with Gasteiger partial charge in [0.1, 0.15) is 11.5 Å². The summed E-state index contributed by atoms with van der Waals surface area (Å²) in [6.07, 6.45) is -0.445. The van der Waals surface area contributed by atoms with E-state index < -0.39 is 6.10 Å². The molecule has 1 aromatic rings. The Balaban J connectivity index is 2.90. The second kappa shape index (κ2) is 5.32. The summed E-state index contributed by atoms with van der Waals surface area (Å²) in [7, 11) is 1.81. The van der Waals surface area contributed by atoms with E-state index in [1.807, 2.05) is 7.05 Å². The van der Waals surface area contributed by atoms with Crippen LogP contribution in [0.5, 0.6) is 0 Å². The van der Waals surface area contributed by atoms with Crippen LogP contribution in [-0.4, -0.2) is 40.8 Å². The summed E-state index contributed by atoms with van der Waals surface area (Å²) in [5.74, 6) is 0.622. The molecule has 0 bridgehead atoms. The van der Waals surface area contributed by atoms with Crippen LogP contribution in [0.2, 0.25) is 0 Å². The van der Waals surface area contributed by atoms with Gasteiger partial charge in [-0.05, 0) is 19.1 Å². The van der Waals surface area contributed by atoms with Gasteiger partial charge in [0.15, 0.2) is 5.84 Å². The minimum Gasteiger partial charge on any atom is -0.409 e. The van der Waals surface area contributed by atoms with E-state index >= 15 is 0 Å². The van der Waals surface area contributed by atoms with Crippen LogP contribution in [0.15, 0.2) is 23.4 Å². The standard InChI is InChI=1S/C10H16N4O2/c1-7(15)6-14(2)9-5-3-4-8(12-9)10(11)13-16/h3-5,7,15-16H,6H2,1-2H3,(H2,11,13). The number of oxime groups is 1. The predicted molar refractivity (Wildman–Crippen MR) is 61.7 cm³/mol. The van der Waals surface area contributed by atoms with Gasteiger partial charge in [0.2, 0.25) is 0 Å². The Labute approximate surface area is 94.0 Å². The second-order valence-corrected chi connectivity index (χ2v) is 3.60. The van der Waals surface area contributed by atoms with Gasteiger partial charge in [-0.15, -0.1) is 0 Å². The maximum atomic E-state index is 9.25. The summed E-state index contributed by atoms with van der Waals surface area (Å²) in [6.45, 7) is 2.16. The Morgan fingerprint density at radius 3 is 2.88 bits per heavy atom. The lowest BCUT2D eigenvalue weighted by Gasteiger charge is -2.20. The van der Waals surface area contributed by atoms with E-state index in [4.69, 9.17) is 10.9 Å². The second-order valence-electron chi connectivity index (χ2n) is 3.60. The minimum atomic E-state index is -0.445. The summed E-state index contributed by atoms with van der Waals surface area (Å²) in [5.41, 5.74) is 5.83. The Bertz CT molecular complexity index is 379. The van der Waals surface area contributed by atoms with E-state index in [-0.39, 0.29) is 5.84 Å². The lowest BCUT2D eigenvalue weighted by molar-refractivity contribution is 0.201. The van der Waals surface area contributed by atoms with Crippen LogP contribution in [0, 0.1) is 0 Å². The van der Waals surface area contributed by atoms with Gasteiger partial charge in [-0.2, -0.15) is 0 Å². The van der Waals surface area contributed by atoms with Crippen molar-refractivity contribution in [3.63, 3.8) is 0 Å². The molecule has 1 aromatic heterocycles. The summed E-state index contributed by atoms with van der Waals surface area (Å²) in [5, 5.41) is 20.7. The lowest BCUT2D eigenvalue weighted by atomic mass is 10.3. The Morgan fingerprint density at radius 2 is 2.31 bits per heavy atom. The van der Waals surface area contributed by atoms with Crippen molar-refractivity contribution in [3.05, 3.63) is 23.9 Å². The highest BCUT2D eigenvalue weighted by Crippen LogP contribution is 2.09. The van der Waals surface area contributed by atoms with E-state index in [2.05, 4.69) is 10.1 Å². The quantitative estimate of drug-likeness (QED) is 0.289. The minimum absolute atomic E-state index is 0.0349. The van der Waals surface area contributed by atoms with E-state index in [9.17, 15) is 5.11 Å². The predicted octanol–water partition coefficient (Wildman–Crippen LogP) is -0.00690. The van der Waals surface area contributed by atoms with Crippen LogP contribution in [0.1, 0.15) is 12.6 Å². The van der Waals surface area contributed by atoms with Gasteiger partial charge in [0, 0.05) is 13.6 Å². The van der Waals surface area contributed by atoms with Gasteiger partial charge in [-0.1, -0.05) is 11.2 Å². The molecule has 6 heteroatoms. The van der Waals surface area contributed by atoms with Crippen molar-refractivity contribution >= 4 is 11.7 Å². The molecule has 1 rings (SSSR count). The first kappa shape index (κ1) is 12.3. The van der Waals surface area contributed by atoms with Crippen molar-refractivity contribution in [2.75, 3.05) is 18.5 Å². The molecular weight excluding hydrogens is 208 g/mol. The third-order valence-electron chi connectivity index (χ3n) is 2.03. The van der Waals surface area contributed by atoms with E-state index in [0.29, 0.717) is 18.1 Å². The van der Waals surface area contributed by atoms with Crippen molar-refractivity contribution in [2.45, 2.75) is 13.0 Å². The van der Waals surface area contributed by atoms with Crippen LogP contribution in [-0.2, 0) is 0 Å². The Kier molecular flexibility index (Phi) is 4.07. The zero-order valence-electron chi connectivity index (χ0n) is 9.33. The first-order valence-electron chi connectivity index (χ1n) is 4.88. The van der Waals surface area contributed by atoms with Crippen molar-refractivity contribution in [1.29, 1.82) is 0 Å². The third kappa shape index (κ3) is 3.09. The molecule has 0 saturated carbocycles. The van der Waals surface area contributed by atoms with Crippen molar-refractivity contribution < 1.29 is 10.3 Å². The number of aliphatic hydroxyl groups is 1. The highest BCUT2D eigenvalue weighted by atomic mass is 16.4. The molecule has 0 saturated heterocycles. The fraction of sp³-hybridized carbons (Fsp3) is 0.400. The average molecular weight is 224 g/mol. The zero-order chi connectivity index (χ0) is 12.1. The SMILES string of the molecule is CC(O)CN(C)c1cccc(C(N)=NO)n1. The number of hydrogen-bond donors (Lipinski definition) is 3. The highest BCUT2D eigenvalue weighted by Gasteiger charge is 2.08. The van der Waals surface area contributed by atoms with Gasteiger partial charge in [-0.25, -0.2) is 4.98 Å². The molecule has 6 nitrogen and oxygen atoms in total. The molecule has 0 aromatic carbocycles. The topological polar surface area (TPSA) is 95.0 Å². The molecule has 0 aliphatic heterocycles. The molecule has 0 radical (unpaired) electrons.